The molecule has 0 unspecified atom stereocenters. The van der Waals surface area contributed by atoms with E-state index in [1.54, 1.807) is 12.1 Å². The van der Waals surface area contributed by atoms with Gasteiger partial charge in [-0.2, -0.15) is 0 Å². The zero-order chi connectivity index (χ0) is 18.7. The highest BCUT2D eigenvalue weighted by Gasteiger charge is 2.30. The van der Waals surface area contributed by atoms with Gasteiger partial charge in [-0.3, -0.25) is 0 Å². The van der Waals surface area contributed by atoms with Crippen LogP contribution in [0.1, 0.15) is 76.3 Å². The zero-order valence-corrected chi connectivity index (χ0v) is 16.2. The minimum Gasteiger partial charge on any atom is -0.203 e. The molecule has 1 saturated carbocycles. The van der Waals surface area contributed by atoms with Gasteiger partial charge in [0.2, 0.25) is 0 Å². The topological polar surface area (TPSA) is 0 Å². The van der Waals surface area contributed by atoms with Crippen molar-refractivity contribution in [1.29, 1.82) is 0 Å². The van der Waals surface area contributed by atoms with Crippen molar-refractivity contribution >= 4 is 0 Å². The summed E-state index contributed by atoms with van der Waals surface area (Å²) in [5.74, 6) is -0.848. The van der Waals surface area contributed by atoms with Crippen LogP contribution in [-0.2, 0) is 6.42 Å². The van der Waals surface area contributed by atoms with E-state index >= 15 is 0 Å². The van der Waals surface area contributed by atoms with E-state index in [0.29, 0.717) is 28.9 Å². The molecule has 0 bridgehead atoms. The first-order valence-electron chi connectivity index (χ1n) is 10.0. The quantitative estimate of drug-likeness (QED) is 0.516. The van der Waals surface area contributed by atoms with E-state index in [1.165, 1.54) is 44.1 Å². The van der Waals surface area contributed by atoms with Gasteiger partial charge >= 0.3 is 0 Å². The van der Waals surface area contributed by atoms with Crippen molar-refractivity contribution in [2.45, 2.75) is 71.6 Å². The Labute approximate surface area is 156 Å². The van der Waals surface area contributed by atoms with Crippen molar-refractivity contribution in [1.82, 2.24) is 0 Å². The van der Waals surface area contributed by atoms with E-state index in [0.717, 1.165) is 5.56 Å². The molecule has 1 fully saturated rings. The maximum Gasteiger partial charge on any atom is 0.166 e. The highest BCUT2D eigenvalue weighted by molar-refractivity contribution is 5.65. The second-order valence-electron chi connectivity index (χ2n) is 8.21. The summed E-state index contributed by atoms with van der Waals surface area (Å²) in [5, 5.41) is 0. The lowest BCUT2D eigenvalue weighted by Gasteiger charge is -2.37. The number of hydrogen-bond acceptors (Lipinski definition) is 0. The Balaban J connectivity index is 1.75. The zero-order valence-electron chi connectivity index (χ0n) is 16.2. The number of hydrogen-bond donors (Lipinski definition) is 0. The fraction of sp³-hybridized carbons (Fsp3) is 0.500. The molecule has 1 aliphatic rings. The van der Waals surface area contributed by atoms with Gasteiger partial charge in [0, 0.05) is 5.56 Å². The third-order valence-electron chi connectivity index (χ3n) is 6.28. The first-order valence-corrected chi connectivity index (χ1v) is 10.0. The normalized spacial score (nSPS) is 23.2. The predicted molar refractivity (Wildman–Crippen MR) is 105 cm³/mol. The summed E-state index contributed by atoms with van der Waals surface area (Å²) in [6, 6.07) is 11.5. The molecule has 0 aromatic heterocycles. The molecule has 26 heavy (non-hydrogen) atoms. The lowest BCUT2D eigenvalue weighted by atomic mass is 9.68. The Kier molecular flexibility index (Phi) is 5.79. The molecule has 2 aromatic rings. The van der Waals surface area contributed by atoms with Gasteiger partial charge in [0.1, 0.15) is 0 Å². The molecule has 0 heterocycles. The highest BCUT2D eigenvalue weighted by atomic mass is 19.2. The van der Waals surface area contributed by atoms with Crippen LogP contribution in [0.3, 0.4) is 0 Å². The Morgan fingerprint density at radius 1 is 0.923 bits per heavy atom. The number of rotatable bonds is 5. The van der Waals surface area contributed by atoms with Crippen molar-refractivity contribution in [3.63, 3.8) is 0 Å². The fourth-order valence-electron chi connectivity index (χ4n) is 4.52. The van der Waals surface area contributed by atoms with E-state index in [9.17, 15) is 8.78 Å². The molecule has 0 nitrogen and oxygen atoms in total. The van der Waals surface area contributed by atoms with Crippen molar-refractivity contribution in [3.05, 3.63) is 59.2 Å². The average molecular weight is 357 g/mol. The molecule has 0 atom stereocenters. The molecule has 0 N–H and O–H groups in total. The summed E-state index contributed by atoms with van der Waals surface area (Å²) < 4.78 is 28.5. The first kappa shape index (κ1) is 19.1. The molecular weight excluding hydrogens is 326 g/mol. The third kappa shape index (κ3) is 3.84. The first-order chi connectivity index (χ1) is 12.5. The van der Waals surface area contributed by atoms with E-state index in [4.69, 9.17) is 0 Å². The van der Waals surface area contributed by atoms with Crippen LogP contribution in [0, 0.1) is 17.0 Å². The van der Waals surface area contributed by atoms with Gasteiger partial charge in [0.25, 0.3) is 0 Å². The SMILES string of the molecule is CCCC1(C)CCC(c2ccc(-c3ccc(CC)c(F)c3F)cc2)CC1. The van der Waals surface area contributed by atoms with Crippen LogP contribution in [0.4, 0.5) is 8.78 Å². The number of benzene rings is 2. The number of halogens is 2. The van der Waals surface area contributed by atoms with Gasteiger partial charge in [0.05, 0.1) is 0 Å². The summed E-state index contributed by atoms with van der Waals surface area (Å²) >= 11 is 0. The van der Waals surface area contributed by atoms with Crippen molar-refractivity contribution < 1.29 is 8.78 Å². The predicted octanol–water partition coefficient (Wildman–Crippen LogP) is 7.66. The molecule has 0 radical (unpaired) electrons. The molecule has 1 aliphatic carbocycles. The Bertz CT molecular complexity index is 738. The van der Waals surface area contributed by atoms with Gasteiger partial charge in [0.15, 0.2) is 11.6 Å². The molecule has 2 aromatic carbocycles. The molecule has 3 rings (SSSR count). The van der Waals surface area contributed by atoms with Crippen LogP contribution in [0.25, 0.3) is 11.1 Å². The minimum atomic E-state index is -0.731. The molecule has 0 saturated heterocycles. The summed E-state index contributed by atoms with van der Waals surface area (Å²) in [5.41, 5.74) is 3.37. The van der Waals surface area contributed by atoms with Gasteiger partial charge in [-0.05, 0) is 66.5 Å². The molecule has 0 amide bonds. The number of aryl methyl sites for hydroxylation is 1. The standard InChI is InChI=1S/C24H30F2/c1-4-14-24(3)15-12-19(13-16-24)18-6-8-20(9-7-18)21-11-10-17(5-2)22(25)23(21)26/h6-11,19H,4-5,12-16H2,1-3H3. The van der Waals surface area contributed by atoms with Gasteiger partial charge in [-0.15, -0.1) is 0 Å². The highest BCUT2D eigenvalue weighted by Crippen LogP contribution is 2.45. The van der Waals surface area contributed by atoms with Crippen molar-refractivity contribution in [2.24, 2.45) is 5.41 Å². The molecule has 2 heteroatoms. The van der Waals surface area contributed by atoms with Crippen molar-refractivity contribution in [2.75, 3.05) is 0 Å². The summed E-state index contributed by atoms with van der Waals surface area (Å²) in [6.45, 7) is 6.53. The molecular formula is C24H30F2. The van der Waals surface area contributed by atoms with E-state index in [-0.39, 0.29) is 0 Å². The summed E-state index contributed by atoms with van der Waals surface area (Å²) in [6.07, 6.45) is 8.10. The average Bonchev–Trinajstić information content (AvgIpc) is 2.65. The van der Waals surface area contributed by atoms with Crippen LogP contribution in [0.5, 0.6) is 0 Å². The molecule has 0 aliphatic heterocycles. The molecule has 0 spiro atoms. The summed E-state index contributed by atoms with van der Waals surface area (Å²) in [7, 11) is 0. The van der Waals surface area contributed by atoms with Crippen LogP contribution in [0.2, 0.25) is 0 Å². The minimum absolute atomic E-state index is 0.352. The molecule has 140 valence electrons. The van der Waals surface area contributed by atoms with Gasteiger partial charge < -0.3 is 0 Å². The lowest BCUT2D eigenvalue weighted by molar-refractivity contribution is 0.182. The van der Waals surface area contributed by atoms with Gasteiger partial charge in [-0.25, -0.2) is 8.78 Å². The van der Waals surface area contributed by atoms with Crippen LogP contribution in [0.15, 0.2) is 36.4 Å². The second-order valence-corrected chi connectivity index (χ2v) is 8.21. The fourth-order valence-corrected chi connectivity index (χ4v) is 4.52. The van der Waals surface area contributed by atoms with E-state index in [1.807, 2.05) is 19.1 Å². The van der Waals surface area contributed by atoms with Crippen LogP contribution in [-0.4, -0.2) is 0 Å². The van der Waals surface area contributed by atoms with E-state index in [2.05, 4.69) is 26.0 Å². The van der Waals surface area contributed by atoms with Crippen molar-refractivity contribution in [3.8, 4) is 11.1 Å². The van der Waals surface area contributed by atoms with E-state index < -0.39 is 11.6 Å². The summed E-state index contributed by atoms with van der Waals surface area (Å²) in [4.78, 5) is 0. The van der Waals surface area contributed by atoms with Crippen LogP contribution < -0.4 is 0 Å². The third-order valence-corrected chi connectivity index (χ3v) is 6.28. The van der Waals surface area contributed by atoms with Gasteiger partial charge in [-0.1, -0.05) is 63.6 Å². The smallest absolute Gasteiger partial charge is 0.166 e. The van der Waals surface area contributed by atoms with Crippen LogP contribution >= 0.6 is 0 Å². The Hall–Kier alpha value is -1.70. The second kappa shape index (κ2) is 7.90. The Morgan fingerprint density at radius 2 is 1.58 bits per heavy atom. The maximum atomic E-state index is 14.4. The lowest BCUT2D eigenvalue weighted by Crippen LogP contribution is -2.23. The maximum absolute atomic E-state index is 14.4. The largest absolute Gasteiger partial charge is 0.203 e. The Morgan fingerprint density at radius 3 is 2.15 bits per heavy atom. The monoisotopic (exact) mass is 356 g/mol.